The summed E-state index contributed by atoms with van der Waals surface area (Å²) in [6, 6.07) is 7.46. The second-order valence-electron chi connectivity index (χ2n) is 4.31. The summed E-state index contributed by atoms with van der Waals surface area (Å²) in [6.07, 6.45) is 0.208. The highest BCUT2D eigenvalue weighted by molar-refractivity contribution is 7.89. The van der Waals surface area contributed by atoms with Gasteiger partial charge in [-0.3, -0.25) is 4.79 Å². The molecule has 0 fully saturated rings. The fraction of sp³-hybridized carbons (Fsp3) is 0.385. The average molecular weight is 296 g/mol. The quantitative estimate of drug-likeness (QED) is 0.826. The van der Waals surface area contributed by atoms with Crippen molar-refractivity contribution in [3.05, 3.63) is 29.8 Å². The van der Waals surface area contributed by atoms with Gasteiger partial charge in [-0.15, -0.1) is 0 Å². The molecule has 6 nitrogen and oxygen atoms in total. The molecular weight excluding hydrogens is 280 g/mol. The van der Waals surface area contributed by atoms with Gasteiger partial charge < -0.3 is 5.11 Å². The van der Waals surface area contributed by atoms with E-state index in [-0.39, 0.29) is 23.3 Å². The van der Waals surface area contributed by atoms with Crippen LogP contribution < -0.4 is 4.72 Å². The van der Waals surface area contributed by atoms with Gasteiger partial charge in [0.15, 0.2) is 0 Å². The molecule has 0 saturated carbocycles. The van der Waals surface area contributed by atoms with Crippen LogP contribution in [0.25, 0.3) is 0 Å². The first-order valence-electron chi connectivity index (χ1n) is 6.09. The third-order valence-corrected chi connectivity index (χ3v) is 4.84. The Balaban J connectivity index is 3.32. The van der Waals surface area contributed by atoms with Crippen LogP contribution in [0.3, 0.4) is 0 Å². The van der Waals surface area contributed by atoms with Crippen molar-refractivity contribution in [2.24, 2.45) is 0 Å². The molecule has 2 N–H and O–H groups in total. The molecule has 0 heterocycles. The minimum atomic E-state index is -4.08. The van der Waals surface area contributed by atoms with E-state index in [4.69, 9.17) is 5.26 Å². The Morgan fingerprint density at radius 3 is 2.35 bits per heavy atom. The number of carbonyl (C=O) groups is 1. The van der Waals surface area contributed by atoms with Crippen molar-refractivity contribution >= 4 is 16.0 Å². The number of aliphatic carboxylic acids is 1. The maximum atomic E-state index is 12.3. The normalized spacial score (nSPS) is 11.8. The van der Waals surface area contributed by atoms with Gasteiger partial charge in [0.2, 0.25) is 10.0 Å². The Hall–Kier alpha value is -1.91. The molecular formula is C13H16N2O4S. The monoisotopic (exact) mass is 296 g/mol. The maximum absolute atomic E-state index is 12.3. The SMILES string of the molecule is CCC(CC)(NS(=O)(=O)c1ccccc1C#N)C(=O)O. The van der Waals surface area contributed by atoms with Crippen LogP contribution in [-0.4, -0.2) is 25.0 Å². The minimum absolute atomic E-state index is 0.0218. The summed E-state index contributed by atoms with van der Waals surface area (Å²) >= 11 is 0. The molecule has 0 spiro atoms. The van der Waals surface area contributed by atoms with E-state index in [0.29, 0.717) is 0 Å². The lowest BCUT2D eigenvalue weighted by atomic mass is 9.95. The Morgan fingerprint density at radius 2 is 1.90 bits per heavy atom. The first kappa shape index (κ1) is 16.1. The van der Waals surface area contributed by atoms with E-state index >= 15 is 0 Å². The molecule has 0 aliphatic heterocycles. The first-order chi connectivity index (χ1) is 9.33. The number of carboxylic acid groups (broad SMARTS) is 1. The summed E-state index contributed by atoms with van der Waals surface area (Å²) in [5, 5.41) is 18.2. The number of nitrogens with one attached hydrogen (secondary N) is 1. The van der Waals surface area contributed by atoms with Gasteiger partial charge in [0, 0.05) is 0 Å². The molecule has 20 heavy (non-hydrogen) atoms. The molecule has 0 atom stereocenters. The summed E-state index contributed by atoms with van der Waals surface area (Å²) in [7, 11) is -4.08. The highest BCUT2D eigenvalue weighted by Crippen LogP contribution is 2.22. The Labute approximate surface area is 118 Å². The predicted octanol–water partition coefficient (Wildman–Crippen LogP) is 1.48. The van der Waals surface area contributed by atoms with Crippen molar-refractivity contribution in [1.82, 2.24) is 4.72 Å². The van der Waals surface area contributed by atoms with Crippen LogP contribution in [0.1, 0.15) is 32.3 Å². The molecule has 0 aliphatic rings. The number of carboxylic acids is 1. The Morgan fingerprint density at radius 1 is 1.35 bits per heavy atom. The molecule has 0 amide bonds. The summed E-state index contributed by atoms with van der Waals surface area (Å²) in [6.45, 7) is 3.19. The topological polar surface area (TPSA) is 107 Å². The second-order valence-corrected chi connectivity index (χ2v) is 5.96. The third kappa shape index (κ3) is 2.98. The van der Waals surface area contributed by atoms with Crippen molar-refractivity contribution in [2.45, 2.75) is 37.1 Å². The maximum Gasteiger partial charge on any atom is 0.324 e. The predicted molar refractivity (Wildman–Crippen MR) is 72.4 cm³/mol. The molecule has 7 heteroatoms. The molecule has 0 unspecified atom stereocenters. The summed E-state index contributed by atoms with van der Waals surface area (Å²) in [5.41, 5.74) is -1.59. The number of rotatable bonds is 6. The van der Waals surface area contributed by atoms with Crippen LogP contribution in [0.2, 0.25) is 0 Å². The number of hydrogen-bond acceptors (Lipinski definition) is 4. The van der Waals surface area contributed by atoms with Crippen LogP contribution in [0.5, 0.6) is 0 Å². The van der Waals surface area contributed by atoms with Gasteiger partial charge in [0.05, 0.1) is 10.5 Å². The largest absolute Gasteiger partial charge is 0.480 e. The van der Waals surface area contributed by atoms with Gasteiger partial charge in [-0.2, -0.15) is 9.98 Å². The van der Waals surface area contributed by atoms with Crippen molar-refractivity contribution < 1.29 is 18.3 Å². The van der Waals surface area contributed by atoms with E-state index in [0.717, 1.165) is 0 Å². The van der Waals surface area contributed by atoms with Crippen LogP contribution in [0.4, 0.5) is 0 Å². The number of hydrogen-bond donors (Lipinski definition) is 2. The molecule has 0 aromatic heterocycles. The number of benzene rings is 1. The molecule has 1 aromatic carbocycles. The second kappa shape index (κ2) is 6.03. The molecule has 1 aromatic rings. The lowest BCUT2D eigenvalue weighted by molar-refractivity contribution is -0.144. The van der Waals surface area contributed by atoms with Gasteiger partial charge in [-0.05, 0) is 25.0 Å². The van der Waals surface area contributed by atoms with E-state index in [1.165, 1.54) is 18.2 Å². The van der Waals surface area contributed by atoms with Gasteiger partial charge in [-0.25, -0.2) is 8.42 Å². The zero-order chi connectivity index (χ0) is 15.4. The van der Waals surface area contributed by atoms with Crippen molar-refractivity contribution in [1.29, 1.82) is 5.26 Å². The lowest BCUT2D eigenvalue weighted by Gasteiger charge is -2.27. The van der Waals surface area contributed by atoms with Gasteiger partial charge in [-0.1, -0.05) is 26.0 Å². The molecule has 1 rings (SSSR count). The highest BCUT2D eigenvalue weighted by atomic mass is 32.2. The standard InChI is InChI=1S/C13H16N2O4S/c1-3-13(4-2,12(16)17)15-20(18,19)11-8-6-5-7-10(11)9-14/h5-8,15H,3-4H2,1-2H3,(H,16,17). The van der Waals surface area contributed by atoms with Crippen molar-refractivity contribution in [3.8, 4) is 6.07 Å². The van der Waals surface area contributed by atoms with Crippen LogP contribution >= 0.6 is 0 Å². The van der Waals surface area contributed by atoms with Crippen molar-refractivity contribution in [3.63, 3.8) is 0 Å². The van der Waals surface area contributed by atoms with Crippen LogP contribution in [0, 0.1) is 11.3 Å². The number of nitriles is 1. The lowest BCUT2D eigenvalue weighted by Crippen LogP contribution is -2.53. The minimum Gasteiger partial charge on any atom is -0.480 e. The van der Waals surface area contributed by atoms with E-state index in [2.05, 4.69) is 4.72 Å². The smallest absolute Gasteiger partial charge is 0.324 e. The third-order valence-electron chi connectivity index (χ3n) is 3.24. The van der Waals surface area contributed by atoms with Gasteiger partial charge >= 0.3 is 5.97 Å². The fourth-order valence-electron chi connectivity index (χ4n) is 1.85. The summed E-state index contributed by atoms with van der Waals surface area (Å²) < 4.78 is 26.9. The van der Waals surface area contributed by atoms with Crippen LogP contribution in [-0.2, 0) is 14.8 Å². The number of sulfonamides is 1. The molecule has 0 saturated heterocycles. The summed E-state index contributed by atoms with van der Waals surface area (Å²) in [5.74, 6) is -1.24. The van der Waals surface area contributed by atoms with Gasteiger partial charge in [0.25, 0.3) is 0 Å². The van der Waals surface area contributed by atoms with Crippen LogP contribution in [0.15, 0.2) is 29.2 Å². The van der Waals surface area contributed by atoms with Gasteiger partial charge in [0.1, 0.15) is 11.6 Å². The van der Waals surface area contributed by atoms with E-state index in [9.17, 15) is 18.3 Å². The summed E-state index contributed by atoms with van der Waals surface area (Å²) in [4.78, 5) is 11.1. The van der Waals surface area contributed by atoms with E-state index in [1.54, 1.807) is 26.0 Å². The zero-order valence-electron chi connectivity index (χ0n) is 11.3. The Kier molecular flexibility index (Phi) is 4.87. The average Bonchev–Trinajstić information content (AvgIpc) is 2.44. The number of nitrogens with zero attached hydrogens (tertiary/aromatic N) is 1. The molecule has 0 bridgehead atoms. The highest BCUT2D eigenvalue weighted by Gasteiger charge is 2.39. The van der Waals surface area contributed by atoms with Crippen molar-refractivity contribution in [2.75, 3.05) is 0 Å². The van der Waals surface area contributed by atoms with E-state index in [1.807, 2.05) is 0 Å². The molecule has 0 radical (unpaired) electrons. The van der Waals surface area contributed by atoms with E-state index < -0.39 is 21.5 Å². The Bertz CT molecular complexity index is 643. The fourth-order valence-corrected chi connectivity index (χ4v) is 3.51. The molecule has 108 valence electrons. The molecule has 0 aliphatic carbocycles. The first-order valence-corrected chi connectivity index (χ1v) is 7.57. The zero-order valence-corrected chi connectivity index (χ0v) is 12.1.